The van der Waals surface area contributed by atoms with Gasteiger partial charge in [-0.2, -0.15) is 12.1 Å². The summed E-state index contributed by atoms with van der Waals surface area (Å²) in [6, 6.07) is 6.96. The number of rotatable bonds is 10. The average molecular weight is 404 g/mol. The first-order chi connectivity index (χ1) is 11.8. The zero-order valence-corrected chi connectivity index (χ0v) is 18.4. The van der Waals surface area contributed by atoms with Gasteiger partial charge in [-0.1, -0.05) is 0 Å². The van der Waals surface area contributed by atoms with Gasteiger partial charge in [0.1, 0.15) is 0 Å². The molecule has 2 rings (SSSR count). The molecule has 0 aliphatic carbocycles. The van der Waals surface area contributed by atoms with Crippen molar-refractivity contribution >= 4 is 0 Å². The van der Waals surface area contributed by atoms with Gasteiger partial charge in [0.05, 0.1) is 0 Å². The van der Waals surface area contributed by atoms with Crippen LogP contribution in [0.3, 0.4) is 0 Å². The fourth-order valence-electron chi connectivity index (χ4n) is 1.79. The van der Waals surface area contributed by atoms with Crippen LogP contribution in [0.5, 0.6) is 0 Å². The van der Waals surface area contributed by atoms with Gasteiger partial charge in [-0.25, -0.2) is 0 Å². The third-order valence-electron chi connectivity index (χ3n) is 2.72. The van der Waals surface area contributed by atoms with Crippen LogP contribution < -0.4 is 0 Å². The molecule has 0 atom stereocenters. The molecule has 0 saturated carbocycles. The van der Waals surface area contributed by atoms with Gasteiger partial charge in [0, 0.05) is 26.4 Å². The van der Waals surface area contributed by atoms with Gasteiger partial charge in [-0.15, -0.1) is 12.1 Å². The van der Waals surface area contributed by atoms with E-state index in [1.54, 1.807) is 24.3 Å². The predicted molar refractivity (Wildman–Crippen MR) is 87.1 cm³/mol. The summed E-state index contributed by atoms with van der Waals surface area (Å²) >= 11 is 0. The Balaban J connectivity index is 0.000000443. The second kappa shape index (κ2) is 15.3. The Labute approximate surface area is 162 Å². The van der Waals surface area contributed by atoms with E-state index in [1.807, 2.05) is 27.7 Å². The van der Waals surface area contributed by atoms with Crippen LogP contribution in [-0.4, -0.2) is 26.4 Å². The van der Waals surface area contributed by atoms with Crippen LogP contribution in [0.1, 0.15) is 51.8 Å². The van der Waals surface area contributed by atoms with Crippen LogP contribution in [0.2, 0.25) is 0 Å². The molecule has 0 unspecified atom stereocenters. The Morgan fingerprint density at radius 2 is 1.04 bits per heavy atom. The summed E-state index contributed by atoms with van der Waals surface area (Å²) in [7, 11) is 0. The van der Waals surface area contributed by atoms with Crippen molar-refractivity contribution in [3.05, 3.63) is 48.3 Å². The summed E-state index contributed by atoms with van der Waals surface area (Å²) in [4.78, 5) is 0. The largest absolute Gasteiger partial charge is 2.00 e. The Hall–Kier alpha value is -0.977. The average Bonchev–Trinajstić information content (AvgIpc) is 3.29. The first-order valence-corrected chi connectivity index (χ1v) is 8.14. The van der Waals surface area contributed by atoms with E-state index >= 15 is 0 Å². The fourth-order valence-corrected chi connectivity index (χ4v) is 1.79. The van der Waals surface area contributed by atoms with Crippen molar-refractivity contribution in [1.82, 2.24) is 0 Å². The maximum absolute atomic E-state index is 5.29. The quantitative estimate of drug-likeness (QED) is 0.335. The Bertz CT molecular complexity index is 427. The molecule has 2 aromatic rings. The van der Waals surface area contributed by atoms with Crippen molar-refractivity contribution in [3.8, 4) is 0 Å². The van der Waals surface area contributed by atoms with Gasteiger partial charge in [-0.05, 0) is 51.7 Å². The normalized spacial score (nSPS) is 10.5. The maximum atomic E-state index is 5.29. The topological polar surface area (TPSA) is 63.2 Å². The molecule has 0 N–H and O–H groups in total. The number of ether oxygens (including phenoxy) is 4. The summed E-state index contributed by atoms with van der Waals surface area (Å²) in [5.74, 6) is 1.33. The van der Waals surface area contributed by atoms with E-state index in [-0.39, 0.29) is 32.1 Å². The molecule has 2 heterocycles. The molecule has 0 saturated heterocycles. The smallest absolute Gasteiger partial charge is 0.591 e. The van der Waals surface area contributed by atoms with Gasteiger partial charge < -0.3 is 27.8 Å². The molecule has 7 heteroatoms. The van der Waals surface area contributed by atoms with E-state index in [0.29, 0.717) is 37.9 Å². The van der Waals surface area contributed by atoms with Crippen molar-refractivity contribution in [2.24, 2.45) is 0 Å². The van der Waals surface area contributed by atoms with E-state index in [2.05, 4.69) is 12.5 Å². The van der Waals surface area contributed by atoms with Gasteiger partial charge in [-0.3, -0.25) is 0 Å². The van der Waals surface area contributed by atoms with Crippen LogP contribution in [-0.2, 0) is 38.4 Å². The Morgan fingerprint density at radius 3 is 1.24 bits per heavy atom. The summed E-state index contributed by atoms with van der Waals surface area (Å²) in [6.07, 6.45) is 4.42. The van der Waals surface area contributed by atoms with Crippen molar-refractivity contribution in [1.29, 1.82) is 0 Å². The molecule has 0 aliphatic rings. The van der Waals surface area contributed by atoms with Crippen LogP contribution >= 0.6 is 0 Å². The minimum absolute atomic E-state index is 0. The molecule has 0 aliphatic heterocycles. The first-order valence-electron chi connectivity index (χ1n) is 8.14. The fraction of sp³-hybridized carbons (Fsp3) is 0.556. The monoisotopic (exact) mass is 402 g/mol. The number of furan rings is 2. The van der Waals surface area contributed by atoms with Gasteiger partial charge in [0.25, 0.3) is 0 Å². The van der Waals surface area contributed by atoms with Crippen molar-refractivity contribution in [2.45, 2.75) is 40.3 Å². The van der Waals surface area contributed by atoms with Crippen LogP contribution in [0.25, 0.3) is 0 Å². The van der Waals surface area contributed by atoms with E-state index in [0.717, 1.165) is 0 Å². The molecule has 0 amide bonds. The minimum Gasteiger partial charge on any atom is -0.591 e. The molecule has 136 valence electrons. The first kappa shape index (κ1) is 24.0. The van der Waals surface area contributed by atoms with Crippen molar-refractivity contribution in [3.63, 3.8) is 0 Å². The standard InChI is InChI=1S/2C9H13O3.Zn/c2*1-3-10-9(11-4-2)8-6-5-7-12-8;/h2*5-6,9H,3-4H2,1-2H3;/q2*-1;+2. The predicted octanol–water partition coefficient (Wildman–Crippen LogP) is 4.30. The van der Waals surface area contributed by atoms with Crippen molar-refractivity contribution < 1.29 is 47.3 Å². The third kappa shape index (κ3) is 9.33. The molecule has 6 nitrogen and oxygen atoms in total. The Morgan fingerprint density at radius 1 is 0.720 bits per heavy atom. The van der Waals surface area contributed by atoms with Gasteiger partial charge >= 0.3 is 19.5 Å². The molecule has 0 radical (unpaired) electrons. The molecule has 0 spiro atoms. The maximum Gasteiger partial charge on any atom is 2.00 e. The minimum atomic E-state index is -0.383. The number of hydrogen-bond acceptors (Lipinski definition) is 6. The van der Waals surface area contributed by atoms with E-state index in [1.165, 1.54) is 0 Å². The molecule has 0 bridgehead atoms. The summed E-state index contributed by atoms with van der Waals surface area (Å²) in [5, 5.41) is 0. The second-order valence-corrected chi connectivity index (χ2v) is 4.40. The van der Waals surface area contributed by atoms with Gasteiger partial charge in [0.15, 0.2) is 12.6 Å². The molecular weight excluding hydrogens is 378 g/mol. The van der Waals surface area contributed by atoms with E-state index < -0.39 is 0 Å². The Kier molecular flexibility index (Phi) is 14.7. The van der Waals surface area contributed by atoms with Gasteiger partial charge in [0.2, 0.25) is 0 Å². The SMILES string of the molecule is CCOC(OCC)c1cc[c-]o1.CCOC(OCC)c1cc[c-]o1.[Zn+2]. The van der Waals surface area contributed by atoms with Crippen molar-refractivity contribution in [2.75, 3.05) is 26.4 Å². The zero-order valence-electron chi connectivity index (χ0n) is 15.4. The molecule has 25 heavy (non-hydrogen) atoms. The molecule has 0 fully saturated rings. The molecule has 2 aromatic heterocycles. The zero-order chi connectivity index (χ0) is 17.6. The van der Waals surface area contributed by atoms with Crippen LogP contribution in [0.15, 0.2) is 33.1 Å². The summed E-state index contributed by atoms with van der Waals surface area (Å²) in [6.45, 7) is 10.1. The van der Waals surface area contributed by atoms with Crippen LogP contribution in [0.4, 0.5) is 0 Å². The molecule has 0 aromatic carbocycles. The summed E-state index contributed by atoms with van der Waals surface area (Å²) < 4.78 is 31.2. The third-order valence-corrected chi connectivity index (χ3v) is 2.72. The van der Waals surface area contributed by atoms with Crippen LogP contribution in [0, 0.1) is 12.5 Å². The van der Waals surface area contributed by atoms with E-state index in [9.17, 15) is 0 Å². The molecular formula is C18H26O6Zn. The second-order valence-electron chi connectivity index (χ2n) is 4.40. The summed E-state index contributed by atoms with van der Waals surface area (Å²) in [5.41, 5.74) is 0. The number of hydrogen-bond donors (Lipinski definition) is 0. The van der Waals surface area contributed by atoms with E-state index in [4.69, 9.17) is 27.8 Å².